The molecule has 2 rings (SSSR count). The van der Waals surface area contributed by atoms with Crippen LogP contribution in [0.3, 0.4) is 0 Å². The number of nitrogens with one attached hydrogen (secondary N) is 1. The van der Waals surface area contributed by atoms with Crippen LogP contribution in [0, 0.1) is 17.2 Å². The SMILES string of the molecule is N#CCCC(NC(=O)N1CCCC(C(=O)O)C1)c1ccccc1. The molecular weight excluding hydrogens is 294 g/mol. The number of carboxylic acid groups (broad SMARTS) is 1. The molecule has 1 aliphatic rings. The van der Waals surface area contributed by atoms with E-state index in [1.165, 1.54) is 0 Å². The Kier molecular flexibility index (Phi) is 5.98. The smallest absolute Gasteiger partial charge is 0.317 e. The van der Waals surface area contributed by atoms with Gasteiger partial charge < -0.3 is 15.3 Å². The van der Waals surface area contributed by atoms with Crippen LogP contribution < -0.4 is 5.32 Å². The molecule has 2 unspecified atom stereocenters. The first-order chi connectivity index (χ1) is 11.1. The topological polar surface area (TPSA) is 93.4 Å². The minimum absolute atomic E-state index is 0.237. The van der Waals surface area contributed by atoms with Crippen molar-refractivity contribution in [3.63, 3.8) is 0 Å². The third-order valence-electron chi connectivity index (χ3n) is 4.10. The van der Waals surface area contributed by atoms with E-state index in [4.69, 9.17) is 10.4 Å². The van der Waals surface area contributed by atoms with Gasteiger partial charge in [0, 0.05) is 19.5 Å². The van der Waals surface area contributed by atoms with Gasteiger partial charge in [0.2, 0.25) is 0 Å². The fourth-order valence-electron chi connectivity index (χ4n) is 2.82. The summed E-state index contributed by atoms with van der Waals surface area (Å²) in [4.78, 5) is 25.1. The molecule has 0 aliphatic carbocycles. The van der Waals surface area contributed by atoms with Crippen LogP contribution in [0.5, 0.6) is 0 Å². The number of carboxylic acids is 1. The molecule has 0 saturated carbocycles. The number of urea groups is 1. The average molecular weight is 315 g/mol. The summed E-state index contributed by atoms with van der Waals surface area (Å²) in [6.07, 6.45) is 2.17. The molecule has 6 heteroatoms. The van der Waals surface area contributed by atoms with Crippen molar-refractivity contribution >= 4 is 12.0 Å². The van der Waals surface area contributed by atoms with Crippen molar-refractivity contribution in [2.24, 2.45) is 5.92 Å². The molecule has 1 fully saturated rings. The van der Waals surface area contributed by atoms with Gasteiger partial charge in [0.25, 0.3) is 0 Å². The van der Waals surface area contributed by atoms with Gasteiger partial charge in [0.15, 0.2) is 0 Å². The lowest BCUT2D eigenvalue weighted by molar-refractivity contribution is -0.143. The van der Waals surface area contributed by atoms with Crippen molar-refractivity contribution < 1.29 is 14.7 Å². The van der Waals surface area contributed by atoms with E-state index in [1.54, 1.807) is 4.90 Å². The predicted molar refractivity (Wildman–Crippen MR) is 84.5 cm³/mol. The summed E-state index contributed by atoms with van der Waals surface area (Å²) in [7, 11) is 0. The zero-order valence-electron chi connectivity index (χ0n) is 12.9. The normalized spacial score (nSPS) is 18.7. The van der Waals surface area contributed by atoms with Gasteiger partial charge in [0.05, 0.1) is 18.0 Å². The van der Waals surface area contributed by atoms with E-state index in [2.05, 4.69) is 11.4 Å². The van der Waals surface area contributed by atoms with E-state index in [9.17, 15) is 9.59 Å². The molecule has 0 bridgehead atoms. The van der Waals surface area contributed by atoms with Gasteiger partial charge in [-0.25, -0.2) is 4.79 Å². The number of piperidine rings is 1. The number of amides is 2. The fraction of sp³-hybridized carbons (Fsp3) is 0.471. The van der Waals surface area contributed by atoms with Gasteiger partial charge in [-0.15, -0.1) is 0 Å². The van der Waals surface area contributed by atoms with Crippen LogP contribution in [0.1, 0.15) is 37.3 Å². The van der Waals surface area contributed by atoms with Crippen LogP contribution in [-0.2, 0) is 4.79 Å². The lowest BCUT2D eigenvalue weighted by Gasteiger charge is -2.32. The van der Waals surface area contributed by atoms with Gasteiger partial charge in [-0.05, 0) is 24.8 Å². The maximum Gasteiger partial charge on any atom is 0.317 e. The number of carbonyl (C=O) groups excluding carboxylic acids is 1. The molecule has 2 N–H and O–H groups in total. The lowest BCUT2D eigenvalue weighted by atomic mass is 9.98. The average Bonchev–Trinajstić information content (AvgIpc) is 2.59. The second-order valence-electron chi connectivity index (χ2n) is 5.73. The van der Waals surface area contributed by atoms with Gasteiger partial charge in [-0.1, -0.05) is 30.3 Å². The number of nitrogens with zero attached hydrogens (tertiary/aromatic N) is 2. The number of carbonyl (C=O) groups is 2. The van der Waals surface area contributed by atoms with Crippen molar-refractivity contribution in [2.75, 3.05) is 13.1 Å². The van der Waals surface area contributed by atoms with Crippen LogP contribution in [0.2, 0.25) is 0 Å². The molecule has 1 saturated heterocycles. The van der Waals surface area contributed by atoms with Crippen molar-refractivity contribution in [3.8, 4) is 6.07 Å². The van der Waals surface area contributed by atoms with Crippen LogP contribution in [0.15, 0.2) is 30.3 Å². The summed E-state index contributed by atoms with van der Waals surface area (Å²) in [6.45, 7) is 0.802. The van der Waals surface area contributed by atoms with Gasteiger partial charge >= 0.3 is 12.0 Å². The maximum absolute atomic E-state index is 12.5. The standard InChI is InChI=1S/C17H21N3O3/c18-10-4-9-15(13-6-2-1-3-7-13)19-17(23)20-11-5-8-14(12-20)16(21)22/h1-3,6-7,14-15H,4-5,8-9,11-12H2,(H,19,23)(H,21,22). The third-order valence-corrected chi connectivity index (χ3v) is 4.10. The Bertz CT molecular complexity index is 582. The number of benzene rings is 1. The number of likely N-dealkylation sites (tertiary alicyclic amines) is 1. The highest BCUT2D eigenvalue weighted by Crippen LogP contribution is 2.21. The van der Waals surface area contributed by atoms with Crippen molar-refractivity contribution in [1.82, 2.24) is 10.2 Å². The summed E-state index contributed by atoms with van der Waals surface area (Å²) in [6, 6.07) is 11.1. The molecule has 23 heavy (non-hydrogen) atoms. The summed E-state index contributed by atoms with van der Waals surface area (Å²) < 4.78 is 0. The van der Waals surface area contributed by atoms with Crippen molar-refractivity contribution in [1.29, 1.82) is 5.26 Å². The molecule has 0 spiro atoms. The Hall–Kier alpha value is -2.55. The quantitative estimate of drug-likeness (QED) is 0.873. The van der Waals surface area contributed by atoms with Crippen LogP contribution in [-0.4, -0.2) is 35.1 Å². The molecule has 2 atom stereocenters. The third kappa shape index (κ3) is 4.71. The number of nitriles is 1. The lowest BCUT2D eigenvalue weighted by Crippen LogP contribution is -2.47. The second-order valence-corrected chi connectivity index (χ2v) is 5.73. The predicted octanol–water partition coefficient (Wildman–Crippen LogP) is 2.54. The largest absolute Gasteiger partial charge is 0.481 e. The molecule has 6 nitrogen and oxygen atoms in total. The van der Waals surface area contributed by atoms with Crippen LogP contribution >= 0.6 is 0 Å². The number of hydrogen-bond acceptors (Lipinski definition) is 3. The number of hydrogen-bond donors (Lipinski definition) is 2. The van der Waals surface area contributed by atoms with Crippen molar-refractivity contribution in [3.05, 3.63) is 35.9 Å². The Morgan fingerprint density at radius 3 is 2.78 bits per heavy atom. The van der Waals surface area contributed by atoms with Gasteiger partial charge in [0.1, 0.15) is 0 Å². The zero-order valence-corrected chi connectivity index (χ0v) is 12.9. The van der Waals surface area contributed by atoms with Gasteiger partial charge in [-0.3, -0.25) is 4.79 Å². The molecule has 1 aromatic rings. The number of aliphatic carboxylic acids is 1. The molecule has 2 amide bonds. The summed E-state index contributed by atoms with van der Waals surface area (Å²) in [5.41, 5.74) is 0.947. The van der Waals surface area contributed by atoms with E-state index < -0.39 is 11.9 Å². The highest BCUT2D eigenvalue weighted by Gasteiger charge is 2.29. The first-order valence-electron chi connectivity index (χ1n) is 7.82. The maximum atomic E-state index is 12.5. The Balaban J connectivity index is 2.02. The Morgan fingerprint density at radius 1 is 1.39 bits per heavy atom. The van der Waals surface area contributed by atoms with E-state index in [0.29, 0.717) is 32.2 Å². The molecule has 1 heterocycles. The molecule has 1 aliphatic heterocycles. The minimum Gasteiger partial charge on any atom is -0.481 e. The monoisotopic (exact) mass is 315 g/mol. The summed E-state index contributed by atoms with van der Waals surface area (Å²) in [5.74, 6) is -1.35. The second kappa shape index (κ2) is 8.18. The molecule has 0 radical (unpaired) electrons. The van der Waals surface area contributed by atoms with E-state index >= 15 is 0 Å². The molecule has 1 aromatic carbocycles. The first-order valence-corrected chi connectivity index (χ1v) is 7.82. The molecule has 0 aromatic heterocycles. The highest BCUT2D eigenvalue weighted by molar-refractivity contribution is 5.77. The first kappa shape index (κ1) is 16.8. The molecule has 122 valence electrons. The Morgan fingerprint density at radius 2 is 2.13 bits per heavy atom. The zero-order chi connectivity index (χ0) is 16.7. The summed E-state index contributed by atoms with van der Waals surface area (Å²) >= 11 is 0. The summed E-state index contributed by atoms with van der Waals surface area (Å²) in [5, 5.41) is 20.9. The van der Waals surface area contributed by atoms with E-state index in [1.807, 2.05) is 30.3 Å². The van der Waals surface area contributed by atoms with E-state index in [-0.39, 0.29) is 18.6 Å². The minimum atomic E-state index is -0.855. The molecular formula is C17H21N3O3. The highest BCUT2D eigenvalue weighted by atomic mass is 16.4. The van der Waals surface area contributed by atoms with Gasteiger partial charge in [-0.2, -0.15) is 5.26 Å². The fourth-order valence-corrected chi connectivity index (χ4v) is 2.82. The van der Waals surface area contributed by atoms with Crippen LogP contribution in [0.4, 0.5) is 4.79 Å². The number of rotatable bonds is 5. The van der Waals surface area contributed by atoms with Crippen LogP contribution in [0.25, 0.3) is 0 Å². The Labute approximate surface area is 135 Å². The van der Waals surface area contributed by atoms with E-state index in [0.717, 1.165) is 5.56 Å². The van der Waals surface area contributed by atoms with Crippen molar-refractivity contribution in [2.45, 2.75) is 31.7 Å².